The molecule has 0 radical (unpaired) electrons. The van der Waals surface area contributed by atoms with Crippen molar-refractivity contribution in [3.8, 4) is 0 Å². The van der Waals surface area contributed by atoms with E-state index in [1.54, 1.807) is 0 Å². The van der Waals surface area contributed by atoms with E-state index in [-0.39, 0.29) is 43.1 Å². The Morgan fingerprint density at radius 2 is 1.90 bits per heavy atom. The summed E-state index contributed by atoms with van der Waals surface area (Å²) in [5.41, 5.74) is 5.94. The third-order valence-electron chi connectivity index (χ3n) is 8.21. The first-order chi connectivity index (χ1) is 23.4. The van der Waals surface area contributed by atoms with Gasteiger partial charge >= 0.3 is 17.0 Å². The summed E-state index contributed by atoms with van der Waals surface area (Å²) in [6.45, 7) is 5.67. The van der Waals surface area contributed by atoms with Crippen LogP contribution >= 0.6 is 6.72 Å². The molecule has 24 heteroatoms. The number of fused-ring (bicyclic) bond motifs is 5. The molecule has 7 atom stereocenters. The van der Waals surface area contributed by atoms with Gasteiger partial charge in [-0.3, -0.25) is 14.3 Å². The van der Waals surface area contributed by atoms with Gasteiger partial charge in [-0.2, -0.15) is 22.8 Å². The molecule has 3 aliphatic rings. The highest BCUT2D eigenvalue weighted by Gasteiger charge is 2.45. The highest BCUT2D eigenvalue weighted by atomic mass is 32.5. The SMILES string of the molecule is CCN(CC)CC.Nc1nc2c(ncn2[C@@H]2O[C@@H]3COP(O)(=S)O[C@H]4C[C@H](n5nnc6cncnc65)O[C@@H]4CNS(=O)(=O)O[C@@H]2C3)c(=O)[nH]1. The maximum atomic E-state index is 13.1. The lowest BCUT2D eigenvalue weighted by atomic mass is 10.2. The number of aromatic amines is 1. The molecule has 4 aromatic heterocycles. The molecular formula is C25H37N12O9PS2. The third kappa shape index (κ3) is 7.96. The number of hydrogen-bond acceptors (Lipinski definition) is 17. The van der Waals surface area contributed by atoms with Gasteiger partial charge in [0.15, 0.2) is 34.8 Å². The molecule has 3 aliphatic heterocycles. The summed E-state index contributed by atoms with van der Waals surface area (Å²) in [5.74, 6) is -0.171. The van der Waals surface area contributed by atoms with Crippen LogP contribution in [0.15, 0.2) is 23.6 Å². The lowest BCUT2D eigenvalue weighted by Crippen LogP contribution is -2.40. The van der Waals surface area contributed by atoms with E-state index in [4.69, 9.17) is 40.2 Å². The summed E-state index contributed by atoms with van der Waals surface area (Å²) in [6, 6.07) is 0. The maximum Gasteiger partial charge on any atom is 0.336 e. The first-order valence-electron chi connectivity index (χ1n) is 15.5. The van der Waals surface area contributed by atoms with E-state index in [0.717, 1.165) is 0 Å². The predicted octanol–water partition coefficient (Wildman–Crippen LogP) is -0.288. The number of H-pyrrole nitrogens is 1. The Morgan fingerprint density at radius 3 is 2.63 bits per heavy atom. The van der Waals surface area contributed by atoms with Crippen LogP contribution in [0.1, 0.15) is 46.1 Å². The first kappa shape index (κ1) is 35.7. The molecule has 21 nitrogen and oxygen atoms in total. The molecule has 0 aromatic carbocycles. The summed E-state index contributed by atoms with van der Waals surface area (Å²) in [7, 11) is -4.41. The van der Waals surface area contributed by atoms with Crippen LogP contribution in [0, 0.1) is 0 Å². The topological polar surface area (TPSA) is 262 Å². The Labute approximate surface area is 285 Å². The van der Waals surface area contributed by atoms with Crippen molar-refractivity contribution >= 4 is 57.1 Å². The Hall–Kier alpha value is -3.09. The fraction of sp³-hybridized carbons (Fsp3) is 0.640. The molecule has 0 amide bonds. The number of nitrogens with one attached hydrogen (secondary N) is 2. The molecule has 4 aromatic rings. The lowest BCUT2D eigenvalue weighted by molar-refractivity contribution is -0.0458. The van der Waals surface area contributed by atoms with E-state index in [1.165, 1.54) is 47.7 Å². The normalized spacial score (nSPS) is 30.3. The minimum Gasteiger partial charge on any atom is -0.369 e. The summed E-state index contributed by atoms with van der Waals surface area (Å²) in [4.78, 5) is 44.1. The van der Waals surface area contributed by atoms with Crippen molar-refractivity contribution in [1.29, 1.82) is 0 Å². The molecule has 0 saturated carbocycles. The number of hydrogen-bond donors (Lipinski definition) is 4. The van der Waals surface area contributed by atoms with Crippen molar-refractivity contribution in [2.75, 3.05) is 38.5 Å². The van der Waals surface area contributed by atoms with E-state index in [1.807, 2.05) is 0 Å². The standard InChI is InChI=1S/C19H22N11O9PS2.C6H15N/c20-19-25-16-14(17(31)26-19)23-7-29(16)18-11-1-8(36-18)5-35-40(32,41)38-10-2-13(37-12(10)4-24-42(33,34)39-11)30-15-9(27-28-30)3-21-6-22-15;1-4-7(5-2)6-3/h3,6-8,10-13,18,24H,1-2,4-5H2,(H,32,41)(H3,20,25,26,31);4-6H2,1-3H3/t8-,10-,11+,12+,13+,18+,40?;/m0./s1. The Morgan fingerprint density at radius 1 is 1.12 bits per heavy atom. The Balaban J connectivity index is 0.000000540. The number of nitrogen functional groups attached to an aromatic ring is 1. The molecule has 3 saturated heterocycles. The van der Waals surface area contributed by atoms with Crippen molar-refractivity contribution in [2.24, 2.45) is 0 Å². The number of aromatic nitrogens is 9. The van der Waals surface area contributed by atoms with Gasteiger partial charge in [0, 0.05) is 19.4 Å². The first-order valence-corrected chi connectivity index (χ1v) is 19.5. The van der Waals surface area contributed by atoms with E-state index in [0.29, 0.717) is 11.2 Å². The second kappa shape index (κ2) is 14.6. The quantitative estimate of drug-likeness (QED) is 0.191. The second-order valence-corrected chi connectivity index (χ2v) is 15.4. The summed E-state index contributed by atoms with van der Waals surface area (Å²) >= 11 is 5.27. The highest BCUT2D eigenvalue weighted by molar-refractivity contribution is 8.07. The molecule has 7 rings (SSSR count). The monoisotopic (exact) mass is 744 g/mol. The number of ether oxygens (including phenoxy) is 2. The second-order valence-electron chi connectivity index (χ2n) is 11.3. The van der Waals surface area contributed by atoms with Crippen LogP contribution in [0.5, 0.6) is 0 Å². The maximum absolute atomic E-state index is 13.1. The van der Waals surface area contributed by atoms with Crippen molar-refractivity contribution in [3.05, 3.63) is 29.2 Å². The number of imidazole rings is 1. The van der Waals surface area contributed by atoms with E-state index >= 15 is 0 Å². The minimum absolute atomic E-state index is 0.00587. The predicted molar refractivity (Wildman–Crippen MR) is 175 cm³/mol. The van der Waals surface area contributed by atoms with E-state index < -0.39 is 59.5 Å². The number of nitrogens with zero attached hydrogens (tertiary/aromatic N) is 9. The summed E-state index contributed by atoms with van der Waals surface area (Å²) in [5, 5.41) is 8.08. The van der Waals surface area contributed by atoms with Gasteiger partial charge in [0.25, 0.3) is 5.56 Å². The third-order valence-corrected chi connectivity index (χ3v) is 10.8. The van der Waals surface area contributed by atoms with Gasteiger partial charge in [-0.05, 0) is 31.4 Å². The fourth-order valence-electron chi connectivity index (χ4n) is 5.75. The van der Waals surface area contributed by atoms with Crippen LogP contribution < -0.4 is 16.0 Å². The average molecular weight is 745 g/mol. The Kier molecular flexibility index (Phi) is 10.7. The number of anilines is 1. The molecule has 0 spiro atoms. The molecular weight excluding hydrogens is 707 g/mol. The molecule has 3 fully saturated rings. The zero-order chi connectivity index (χ0) is 34.9. The van der Waals surface area contributed by atoms with Crippen LogP contribution in [0.25, 0.3) is 22.3 Å². The summed E-state index contributed by atoms with van der Waals surface area (Å²) < 4.78 is 60.3. The van der Waals surface area contributed by atoms with Gasteiger partial charge in [0.1, 0.15) is 18.5 Å². The number of nitrogens with two attached hydrogens (primary N) is 1. The van der Waals surface area contributed by atoms with E-state index in [2.05, 4.69) is 65.6 Å². The fourth-order valence-corrected chi connectivity index (χ4v) is 8.18. The van der Waals surface area contributed by atoms with Gasteiger partial charge in [0.05, 0.1) is 31.3 Å². The van der Waals surface area contributed by atoms with Gasteiger partial charge < -0.3 is 34.0 Å². The molecule has 2 bridgehead atoms. The van der Waals surface area contributed by atoms with Crippen molar-refractivity contribution in [1.82, 2.24) is 54.1 Å². The van der Waals surface area contributed by atoms with Crippen molar-refractivity contribution in [2.45, 2.75) is 70.5 Å². The lowest BCUT2D eigenvalue weighted by Gasteiger charge is -2.25. The van der Waals surface area contributed by atoms with Crippen molar-refractivity contribution in [3.63, 3.8) is 0 Å². The van der Waals surface area contributed by atoms with Gasteiger partial charge in [0.2, 0.25) is 5.95 Å². The zero-order valence-corrected chi connectivity index (χ0v) is 29.3. The largest absolute Gasteiger partial charge is 0.369 e. The minimum atomic E-state index is -4.41. The molecule has 5 N–H and O–H groups in total. The average Bonchev–Trinajstić information content (AvgIpc) is 3.85. The van der Waals surface area contributed by atoms with Gasteiger partial charge in [-0.25, -0.2) is 19.1 Å². The van der Waals surface area contributed by atoms with Crippen molar-refractivity contribution < 1.29 is 36.0 Å². The van der Waals surface area contributed by atoms with Crippen LogP contribution in [0.4, 0.5) is 5.95 Å². The van der Waals surface area contributed by atoms with Gasteiger partial charge in [-0.15, -0.1) is 5.10 Å². The van der Waals surface area contributed by atoms with E-state index in [9.17, 15) is 18.1 Å². The molecule has 7 heterocycles. The van der Waals surface area contributed by atoms with Crippen LogP contribution in [-0.2, 0) is 44.8 Å². The van der Waals surface area contributed by atoms with Crippen LogP contribution in [-0.4, -0.2) is 120 Å². The van der Waals surface area contributed by atoms with Crippen LogP contribution in [0.3, 0.4) is 0 Å². The smallest absolute Gasteiger partial charge is 0.336 e. The molecule has 49 heavy (non-hydrogen) atoms. The summed E-state index contributed by atoms with van der Waals surface area (Å²) in [6.07, 6.45) is -1.45. The van der Waals surface area contributed by atoms with Gasteiger partial charge in [-0.1, -0.05) is 26.0 Å². The van der Waals surface area contributed by atoms with Crippen LogP contribution in [0.2, 0.25) is 0 Å². The molecule has 0 aliphatic carbocycles. The molecule has 268 valence electrons. The molecule has 1 unspecified atom stereocenters. The number of rotatable bonds is 5. The Bertz CT molecular complexity index is 1980. The zero-order valence-electron chi connectivity index (χ0n) is 26.7. The highest BCUT2D eigenvalue weighted by Crippen LogP contribution is 2.49.